The van der Waals surface area contributed by atoms with Crippen LogP contribution in [0.4, 0.5) is 9.52 Å². The van der Waals surface area contributed by atoms with Gasteiger partial charge in [0.25, 0.3) is 0 Å². The maximum atomic E-state index is 14.6. The monoisotopic (exact) mass is 726 g/mol. The van der Waals surface area contributed by atoms with E-state index in [4.69, 9.17) is 42.8 Å². The number of hydrogen-bond acceptors (Lipinski definition) is 8. The third-order valence-electron chi connectivity index (χ3n) is 7.16. The Morgan fingerprint density at radius 2 is 1.74 bits per heavy atom. The van der Waals surface area contributed by atoms with Crippen molar-refractivity contribution in [3.63, 3.8) is 0 Å². The Morgan fingerprint density at radius 1 is 1.02 bits per heavy atom. The van der Waals surface area contributed by atoms with Crippen molar-refractivity contribution in [2.24, 2.45) is 5.10 Å². The molecule has 0 radical (unpaired) electrons. The number of morpholine rings is 1. The number of benzene rings is 3. The molecule has 0 bridgehead atoms. The Morgan fingerprint density at radius 3 is 2.42 bits per heavy atom. The van der Waals surface area contributed by atoms with Crippen LogP contribution in [0.25, 0.3) is 11.3 Å². The molecule has 4 aromatic rings. The van der Waals surface area contributed by atoms with Crippen molar-refractivity contribution in [2.75, 3.05) is 38.4 Å². The molecule has 6 rings (SSSR count). The van der Waals surface area contributed by atoms with Crippen LogP contribution >= 0.6 is 51.5 Å². The SMILES string of the molecule is Br.COc1ccc(C2=NN(c3nc(-c4ccc(S(=O)(=O)N5CCOCC5)cc4)cs3)C(c3ccc(Cl)cc3Cl)C2)cc1F. The molecular formula is C29H26BrCl2FN4O4S2. The molecule has 0 amide bonds. The van der Waals surface area contributed by atoms with Crippen LogP contribution in [0.2, 0.25) is 10.0 Å². The minimum absolute atomic E-state index is 0. The van der Waals surface area contributed by atoms with Gasteiger partial charge in [0.1, 0.15) is 0 Å². The summed E-state index contributed by atoms with van der Waals surface area (Å²) in [6.45, 7) is 1.43. The van der Waals surface area contributed by atoms with E-state index < -0.39 is 15.8 Å². The molecule has 3 heterocycles. The summed E-state index contributed by atoms with van der Waals surface area (Å²) in [5.74, 6) is -0.326. The molecule has 1 atom stereocenters. The van der Waals surface area contributed by atoms with Crippen molar-refractivity contribution >= 4 is 72.4 Å². The van der Waals surface area contributed by atoms with Crippen LogP contribution in [0.5, 0.6) is 5.75 Å². The molecule has 14 heteroatoms. The lowest BCUT2D eigenvalue weighted by Gasteiger charge is -2.26. The van der Waals surface area contributed by atoms with Crippen LogP contribution < -0.4 is 9.75 Å². The minimum atomic E-state index is -3.60. The third kappa shape index (κ3) is 6.46. The van der Waals surface area contributed by atoms with Gasteiger partial charge in [-0.3, -0.25) is 0 Å². The zero-order valence-corrected chi connectivity index (χ0v) is 27.6. The number of anilines is 1. The largest absolute Gasteiger partial charge is 0.494 e. The number of thiazole rings is 1. The van der Waals surface area contributed by atoms with Gasteiger partial charge in [-0.1, -0.05) is 41.4 Å². The van der Waals surface area contributed by atoms with E-state index in [1.807, 2.05) is 11.4 Å². The molecule has 1 aromatic heterocycles. The molecule has 2 aliphatic rings. The normalized spacial score (nSPS) is 17.4. The minimum Gasteiger partial charge on any atom is -0.494 e. The second kappa shape index (κ2) is 13.2. The fourth-order valence-electron chi connectivity index (χ4n) is 4.96. The number of hydrazone groups is 1. The molecule has 0 spiro atoms. The lowest BCUT2D eigenvalue weighted by molar-refractivity contribution is 0.0730. The van der Waals surface area contributed by atoms with Crippen molar-refractivity contribution in [3.8, 4) is 17.0 Å². The smallest absolute Gasteiger partial charge is 0.243 e. The Hall–Kier alpha value is -2.58. The van der Waals surface area contributed by atoms with E-state index >= 15 is 0 Å². The van der Waals surface area contributed by atoms with Gasteiger partial charge in [0.15, 0.2) is 11.6 Å². The molecule has 226 valence electrons. The highest BCUT2D eigenvalue weighted by atomic mass is 79.9. The van der Waals surface area contributed by atoms with E-state index in [2.05, 4.69) is 0 Å². The molecule has 8 nitrogen and oxygen atoms in total. The van der Waals surface area contributed by atoms with Crippen LogP contribution in [-0.4, -0.2) is 56.8 Å². The fraction of sp³-hybridized carbons (Fsp3) is 0.241. The topological polar surface area (TPSA) is 84.3 Å². The van der Waals surface area contributed by atoms with Gasteiger partial charge in [0.2, 0.25) is 15.2 Å². The zero-order chi connectivity index (χ0) is 29.4. The third-order valence-corrected chi connectivity index (χ3v) is 10.5. The first-order valence-corrected chi connectivity index (χ1v) is 16.1. The molecule has 1 saturated heterocycles. The fourth-order valence-corrected chi connectivity index (χ4v) is 7.73. The molecule has 0 N–H and O–H groups in total. The standard InChI is InChI=1S/C29H25Cl2FN4O4S2.BrH/c1-39-28-9-4-19(14-24(28)32)25-16-27(22-8-5-20(30)15-23(22)31)36(34-25)29-33-26(17-41-29)18-2-6-21(7-3-18)42(37,38)35-10-12-40-13-11-35;/h2-9,14-15,17,27H,10-13,16H2,1H3;1H. The number of nitrogens with zero attached hydrogens (tertiary/aromatic N) is 4. The van der Waals surface area contributed by atoms with E-state index in [-0.39, 0.29) is 33.7 Å². The summed E-state index contributed by atoms with van der Waals surface area (Å²) in [6, 6.07) is 16.4. The van der Waals surface area contributed by atoms with Gasteiger partial charge in [-0.25, -0.2) is 22.8 Å². The average molecular weight is 728 g/mol. The molecule has 0 saturated carbocycles. The first-order chi connectivity index (χ1) is 20.2. The highest BCUT2D eigenvalue weighted by molar-refractivity contribution is 8.93. The number of sulfonamides is 1. The summed E-state index contributed by atoms with van der Waals surface area (Å²) in [5.41, 5.74) is 3.54. The predicted octanol–water partition coefficient (Wildman–Crippen LogP) is 7.22. The zero-order valence-electron chi connectivity index (χ0n) is 22.7. The Labute approximate surface area is 273 Å². The maximum absolute atomic E-state index is 14.6. The molecule has 43 heavy (non-hydrogen) atoms. The van der Waals surface area contributed by atoms with Crippen LogP contribution in [0.3, 0.4) is 0 Å². The summed E-state index contributed by atoms with van der Waals surface area (Å²) in [4.78, 5) is 5.06. The predicted molar refractivity (Wildman–Crippen MR) is 173 cm³/mol. The van der Waals surface area contributed by atoms with E-state index in [1.54, 1.807) is 53.5 Å². The van der Waals surface area contributed by atoms with Gasteiger partial charge in [-0.05, 0) is 48.0 Å². The van der Waals surface area contributed by atoms with Crippen LogP contribution in [0.1, 0.15) is 23.6 Å². The van der Waals surface area contributed by atoms with Crippen molar-refractivity contribution in [2.45, 2.75) is 17.4 Å². The van der Waals surface area contributed by atoms with Crippen molar-refractivity contribution in [1.82, 2.24) is 9.29 Å². The van der Waals surface area contributed by atoms with E-state index in [0.717, 1.165) is 11.1 Å². The maximum Gasteiger partial charge on any atom is 0.243 e. The first kappa shape index (κ1) is 31.8. The Kier molecular flexibility index (Phi) is 9.76. The lowest BCUT2D eigenvalue weighted by Crippen LogP contribution is -2.40. The Bertz CT molecular complexity index is 1770. The van der Waals surface area contributed by atoms with Gasteiger partial charge in [0, 0.05) is 46.1 Å². The van der Waals surface area contributed by atoms with Crippen LogP contribution in [0.15, 0.2) is 76.0 Å². The van der Waals surface area contributed by atoms with Crippen LogP contribution in [-0.2, 0) is 14.8 Å². The van der Waals surface area contributed by atoms with Gasteiger partial charge in [0.05, 0.1) is 42.7 Å². The molecule has 1 unspecified atom stereocenters. The number of methoxy groups -OCH3 is 1. The second-order valence-electron chi connectivity index (χ2n) is 9.68. The number of hydrogen-bond donors (Lipinski definition) is 0. The van der Waals surface area contributed by atoms with Gasteiger partial charge >= 0.3 is 0 Å². The summed E-state index contributed by atoms with van der Waals surface area (Å²) in [6.07, 6.45) is 0.454. The number of ether oxygens (including phenoxy) is 2. The van der Waals surface area contributed by atoms with E-state index in [1.165, 1.54) is 28.8 Å². The summed E-state index contributed by atoms with van der Waals surface area (Å²) in [5, 5.41) is 10.1. The summed E-state index contributed by atoms with van der Waals surface area (Å²) in [7, 11) is -2.18. The number of halogens is 4. The van der Waals surface area contributed by atoms with Gasteiger partial charge in [-0.15, -0.1) is 28.3 Å². The Balaban J connectivity index is 0.00000368. The molecule has 0 aliphatic carbocycles. The van der Waals surface area contributed by atoms with Crippen molar-refractivity contribution in [3.05, 3.63) is 93.0 Å². The molecule has 2 aliphatic heterocycles. The van der Waals surface area contributed by atoms with Crippen molar-refractivity contribution in [1.29, 1.82) is 0 Å². The van der Waals surface area contributed by atoms with Gasteiger partial charge in [-0.2, -0.15) is 9.41 Å². The summed E-state index contributed by atoms with van der Waals surface area (Å²) >= 11 is 14.2. The molecule has 3 aromatic carbocycles. The molecular weight excluding hydrogens is 702 g/mol. The highest BCUT2D eigenvalue weighted by Gasteiger charge is 2.33. The lowest BCUT2D eigenvalue weighted by atomic mass is 9.98. The highest BCUT2D eigenvalue weighted by Crippen LogP contribution is 2.42. The van der Waals surface area contributed by atoms with E-state index in [9.17, 15) is 12.8 Å². The average Bonchev–Trinajstić information content (AvgIpc) is 3.66. The van der Waals surface area contributed by atoms with Crippen molar-refractivity contribution < 1.29 is 22.3 Å². The van der Waals surface area contributed by atoms with Gasteiger partial charge < -0.3 is 9.47 Å². The number of aromatic nitrogens is 1. The van der Waals surface area contributed by atoms with E-state index in [0.29, 0.717) is 64.9 Å². The first-order valence-electron chi connectivity index (χ1n) is 13.0. The van der Waals surface area contributed by atoms with Crippen LogP contribution in [0, 0.1) is 5.82 Å². The number of rotatable bonds is 7. The second-order valence-corrected chi connectivity index (χ2v) is 13.3. The quantitative estimate of drug-likeness (QED) is 0.200. The summed E-state index contributed by atoms with van der Waals surface area (Å²) < 4.78 is 52.4. The molecule has 1 fully saturated rings.